The number of anilines is 1. The number of nitrogens with zero attached hydrogens (tertiary/aromatic N) is 2. The fourth-order valence-corrected chi connectivity index (χ4v) is 4.99. The summed E-state index contributed by atoms with van der Waals surface area (Å²) in [6, 6.07) is 13.3. The first-order valence-electron chi connectivity index (χ1n) is 12.5. The Bertz CT molecular complexity index is 1160. The summed E-state index contributed by atoms with van der Waals surface area (Å²) in [5.74, 6) is -0.0360. The Morgan fingerprint density at radius 3 is 2.41 bits per heavy atom. The Morgan fingerprint density at radius 1 is 1.08 bits per heavy atom. The van der Waals surface area contributed by atoms with E-state index in [1.165, 1.54) is 9.21 Å². The van der Waals surface area contributed by atoms with Gasteiger partial charge in [-0.25, -0.2) is 8.42 Å². The minimum Gasteiger partial charge on any atom is -0.492 e. The van der Waals surface area contributed by atoms with Crippen molar-refractivity contribution in [1.29, 1.82) is 0 Å². The summed E-state index contributed by atoms with van der Waals surface area (Å²) >= 11 is 6.14. The van der Waals surface area contributed by atoms with Crippen LogP contribution in [0.2, 0.25) is 5.02 Å². The number of sulfonamides is 1. The molecule has 37 heavy (non-hydrogen) atoms. The first-order chi connectivity index (χ1) is 17.5. The number of para-hydroxylation sites is 2. The lowest BCUT2D eigenvalue weighted by atomic mass is 10.1. The van der Waals surface area contributed by atoms with Gasteiger partial charge in [0.15, 0.2) is 0 Å². The van der Waals surface area contributed by atoms with Gasteiger partial charge in [-0.2, -0.15) is 0 Å². The molecule has 0 bridgehead atoms. The second-order valence-electron chi connectivity index (χ2n) is 8.98. The van der Waals surface area contributed by atoms with E-state index in [4.69, 9.17) is 16.3 Å². The van der Waals surface area contributed by atoms with Crippen molar-refractivity contribution in [1.82, 2.24) is 10.2 Å². The largest absolute Gasteiger partial charge is 0.492 e. The first-order valence-corrected chi connectivity index (χ1v) is 14.7. The third-order valence-corrected chi connectivity index (χ3v) is 7.41. The van der Waals surface area contributed by atoms with Crippen molar-refractivity contribution in [3.63, 3.8) is 0 Å². The average Bonchev–Trinajstić information content (AvgIpc) is 2.84. The predicted octanol–water partition coefficient (Wildman–Crippen LogP) is 4.62. The average molecular weight is 552 g/mol. The molecule has 0 saturated carbocycles. The molecule has 2 unspecified atom stereocenters. The summed E-state index contributed by atoms with van der Waals surface area (Å²) in [7, 11) is -3.63. The Balaban J connectivity index is 2.21. The van der Waals surface area contributed by atoms with Crippen LogP contribution in [0.25, 0.3) is 0 Å². The zero-order valence-electron chi connectivity index (χ0n) is 22.2. The van der Waals surface area contributed by atoms with Gasteiger partial charge in [0.25, 0.3) is 0 Å². The molecule has 0 fully saturated rings. The fraction of sp³-hybridized carbons (Fsp3) is 0.481. The van der Waals surface area contributed by atoms with E-state index in [9.17, 15) is 18.0 Å². The second-order valence-corrected chi connectivity index (χ2v) is 11.3. The van der Waals surface area contributed by atoms with E-state index >= 15 is 0 Å². The highest BCUT2D eigenvalue weighted by Gasteiger charge is 2.27. The van der Waals surface area contributed by atoms with Crippen LogP contribution in [0.4, 0.5) is 5.69 Å². The van der Waals surface area contributed by atoms with Crippen molar-refractivity contribution >= 4 is 39.1 Å². The van der Waals surface area contributed by atoms with E-state index in [1.54, 1.807) is 49.4 Å². The highest BCUT2D eigenvalue weighted by molar-refractivity contribution is 7.92. The van der Waals surface area contributed by atoms with Crippen LogP contribution in [-0.4, -0.2) is 56.6 Å². The topological polar surface area (TPSA) is 96.0 Å². The molecule has 0 aromatic heterocycles. The fourth-order valence-electron chi connectivity index (χ4n) is 3.80. The van der Waals surface area contributed by atoms with Crippen LogP contribution in [0.5, 0.6) is 5.75 Å². The lowest BCUT2D eigenvalue weighted by Gasteiger charge is -2.30. The number of ether oxygens (including phenoxy) is 1. The van der Waals surface area contributed by atoms with Gasteiger partial charge in [-0.15, -0.1) is 0 Å². The molecule has 1 N–H and O–H groups in total. The molecule has 2 atom stereocenters. The number of benzene rings is 2. The Hall–Kier alpha value is -2.78. The third kappa shape index (κ3) is 9.23. The molecular weight excluding hydrogens is 514 g/mol. The van der Waals surface area contributed by atoms with Gasteiger partial charge in [0, 0.05) is 30.6 Å². The maximum Gasteiger partial charge on any atom is 0.242 e. The molecule has 2 amide bonds. The maximum atomic E-state index is 13.4. The number of hydrogen-bond acceptors (Lipinski definition) is 5. The Kier molecular flexibility index (Phi) is 11.7. The molecule has 10 heteroatoms. The molecule has 0 aliphatic heterocycles. The normalized spacial score (nSPS) is 12.9. The lowest BCUT2D eigenvalue weighted by Crippen LogP contribution is -2.49. The number of carbonyl (C=O) groups is 2. The molecular formula is C27H38ClN3O5S. The standard InChI is InChI=1S/C27H38ClN3O5S/c1-6-20(3)29-27(33)21(4)30(19-22-12-10-13-23(28)18-22)26(32)16-11-17-31(37(5,34)35)24-14-8-9-15-25(24)36-7-2/h8-10,12-15,18,20-21H,6-7,11,16-17,19H2,1-5H3,(H,29,33). The molecule has 0 radical (unpaired) electrons. The molecule has 0 aliphatic rings. The van der Waals surface area contributed by atoms with Crippen molar-refractivity contribution in [2.24, 2.45) is 0 Å². The third-order valence-electron chi connectivity index (χ3n) is 6.00. The summed E-state index contributed by atoms with van der Waals surface area (Å²) in [6.45, 7) is 8.09. The molecule has 0 spiro atoms. The monoisotopic (exact) mass is 551 g/mol. The van der Waals surface area contributed by atoms with Gasteiger partial charge in [0.1, 0.15) is 11.8 Å². The van der Waals surface area contributed by atoms with Crippen LogP contribution in [0.15, 0.2) is 48.5 Å². The van der Waals surface area contributed by atoms with Crippen LogP contribution in [0.3, 0.4) is 0 Å². The molecule has 2 rings (SSSR count). The summed E-state index contributed by atoms with van der Waals surface area (Å²) in [5.41, 5.74) is 1.23. The van der Waals surface area contributed by atoms with E-state index in [2.05, 4.69) is 5.32 Å². The molecule has 8 nitrogen and oxygen atoms in total. The van der Waals surface area contributed by atoms with E-state index in [0.717, 1.165) is 18.2 Å². The number of amides is 2. The predicted molar refractivity (Wildman–Crippen MR) is 148 cm³/mol. The van der Waals surface area contributed by atoms with E-state index in [-0.39, 0.29) is 43.8 Å². The molecule has 0 aliphatic carbocycles. The molecule has 2 aromatic rings. The second kappa shape index (κ2) is 14.2. The minimum absolute atomic E-state index is 0.0215. The molecule has 204 valence electrons. The Morgan fingerprint density at radius 2 is 1.78 bits per heavy atom. The zero-order valence-corrected chi connectivity index (χ0v) is 23.8. The van der Waals surface area contributed by atoms with Gasteiger partial charge in [-0.1, -0.05) is 42.8 Å². The van der Waals surface area contributed by atoms with E-state index in [0.29, 0.717) is 23.1 Å². The van der Waals surface area contributed by atoms with Gasteiger partial charge < -0.3 is 15.0 Å². The van der Waals surface area contributed by atoms with Crippen LogP contribution in [0.1, 0.15) is 52.5 Å². The zero-order chi connectivity index (χ0) is 27.6. The number of rotatable bonds is 14. The lowest BCUT2D eigenvalue weighted by molar-refractivity contribution is -0.140. The summed E-state index contributed by atoms with van der Waals surface area (Å²) < 4.78 is 32.1. The smallest absolute Gasteiger partial charge is 0.242 e. The van der Waals surface area contributed by atoms with Gasteiger partial charge >= 0.3 is 0 Å². The van der Waals surface area contributed by atoms with Crippen LogP contribution < -0.4 is 14.4 Å². The number of nitrogens with one attached hydrogen (secondary N) is 1. The van der Waals surface area contributed by atoms with Crippen LogP contribution >= 0.6 is 11.6 Å². The first kappa shape index (κ1) is 30.4. The van der Waals surface area contributed by atoms with Crippen molar-refractivity contribution in [3.05, 3.63) is 59.1 Å². The quantitative estimate of drug-likeness (QED) is 0.370. The van der Waals surface area contributed by atoms with E-state index < -0.39 is 16.1 Å². The number of hydrogen-bond donors (Lipinski definition) is 1. The highest BCUT2D eigenvalue weighted by atomic mass is 35.5. The summed E-state index contributed by atoms with van der Waals surface area (Å²) in [5, 5.41) is 3.48. The van der Waals surface area contributed by atoms with Gasteiger partial charge in [-0.05, 0) is 63.4 Å². The summed E-state index contributed by atoms with van der Waals surface area (Å²) in [4.78, 5) is 27.8. The van der Waals surface area contributed by atoms with E-state index in [1.807, 2.05) is 26.8 Å². The van der Waals surface area contributed by atoms with Gasteiger partial charge in [-0.3, -0.25) is 13.9 Å². The van der Waals surface area contributed by atoms with Crippen molar-refractivity contribution in [2.45, 2.75) is 65.6 Å². The maximum absolute atomic E-state index is 13.4. The van der Waals surface area contributed by atoms with Crippen molar-refractivity contribution < 1.29 is 22.7 Å². The molecule has 0 saturated heterocycles. The molecule has 0 heterocycles. The minimum atomic E-state index is -3.63. The van der Waals surface area contributed by atoms with Crippen molar-refractivity contribution in [3.8, 4) is 5.75 Å². The van der Waals surface area contributed by atoms with Crippen LogP contribution in [-0.2, 0) is 26.2 Å². The SMILES string of the molecule is CCOc1ccccc1N(CCCC(=O)N(Cc1cccc(Cl)c1)C(C)C(=O)NC(C)CC)S(C)(=O)=O. The van der Waals surface area contributed by atoms with Gasteiger partial charge in [0.2, 0.25) is 21.8 Å². The molecule has 2 aromatic carbocycles. The Labute approximate surface area is 226 Å². The highest BCUT2D eigenvalue weighted by Crippen LogP contribution is 2.30. The summed E-state index contributed by atoms with van der Waals surface area (Å²) in [6.07, 6.45) is 2.22. The van der Waals surface area contributed by atoms with Crippen LogP contribution in [0, 0.1) is 0 Å². The van der Waals surface area contributed by atoms with Gasteiger partial charge in [0.05, 0.1) is 18.6 Å². The number of carbonyl (C=O) groups excluding carboxylic acids is 2. The van der Waals surface area contributed by atoms with Crippen molar-refractivity contribution in [2.75, 3.05) is 23.7 Å². The number of halogens is 1.